The van der Waals surface area contributed by atoms with E-state index in [1.165, 1.54) is 10.9 Å². The van der Waals surface area contributed by atoms with Gasteiger partial charge in [0.15, 0.2) is 0 Å². The highest BCUT2D eigenvalue weighted by Crippen LogP contribution is 2.25. The highest BCUT2D eigenvalue weighted by Gasteiger charge is 2.17. The summed E-state index contributed by atoms with van der Waals surface area (Å²) < 4.78 is 5.35. The second-order valence-corrected chi connectivity index (χ2v) is 6.82. The van der Waals surface area contributed by atoms with Gasteiger partial charge in [-0.3, -0.25) is 5.32 Å². The van der Waals surface area contributed by atoms with Gasteiger partial charge in [0.05, 0.1) is 0 Å². The summed E-state index contributed by atoms with van der Waals surface area (Å²) in [4.78, 5) is 15.3. The molecule has 0 aliphatic rings. The van der Waals surface area contributed by atoms with Crippen molar-refractivity contribution in [3.05, 3.63) is 65.9 Å². The number of ether oxygens (including phenoxy) is 1. The lowest BCUT2D eigenvalue weighted by molar-refractivity contribution is 0.0636. The van der Waals surface area contributed by atoms with Gasteiger partial charge in [0.2, 0.25) is 0 Å². The van der Waals surface area contributed by atoms with Crippen LogP contribution in [0, 0.1) is 0 Å². The van der Waals surface area contributed by atoms with Gasteiger partial charge in [-0.2, -0.15) is 0 Å². The maximum atomic E-state index is 12.1. The summed E-state index contributed by atoms with van der Waals surface area (Å²) in [5, 5.41) is 4.05. The van der Waals surface area contributed by atoms with Crippen LogP contribution in [0.2, 0.25) is 0 Å². The third kappa shape index (κ3) is 3.77. The fourth-order valence-electron chi connectivity index (χ4n) is 2.69. The Bertz CT molecular complexity index is 859. The maximum Gasteiger partial charge on any atom is 0.412 e. The van der Waals surface area contributed by atoms with E-state index in [0.717, 1.165) is 23.2 Å². The van der Waals surface area contributed by atoms with E-state index in [0.29, 0.717) is 0 Å². The lowest BCUT2D eigenvalue weighted by Crippen LogP contribution is -2.27. The molecule has 124 valence electrons. The molecule has 0 aliphatic heterocycles. The van der Waals surface area contributed by atoms with E-state index in [1.54, 1.807) is 0 Å². The van der Waals surface area contributed by atoms with Crippen molar-refractivity contribution in [3.8, 4) is 0 Å². The third-order valence-electron chi connectivity index (χ3n) is 3.71. The van der Waals surface area contributed by atoms with Gasteiger partial charge in [-0.15, -0.1) is 0 Å². The van der Waals surface area contributed by atoms with Crippen molar-refractivity contribution in [3.63, 3.8) is 0 Å². The molecule has 0 radical (unpaired) electrons. The number of fused-ring (bicyclic) bond motifs is 1. The number of carbonyl (C=O) groups excluding carboxylic acids is 1. The molecule has 4 heteroatoms. The second kappa shape index (κ2) is 6.40. The van der Waals surface area contributed by atoms with E-state index in [4.69, 9.17) is 4.74 Å². The van der Waals surface area contributed by atoms with E-state index in [2.05, 4.69) is 22.4 Å². The van der Waals surface area contributed by atoms with Crippen molar-refractivity contribution in [2.45, 2.75) is 32.8 Å². The summed E-state index contributed by atoms with van der Waals surface area (Å²) in [5.41, 5.74) is 3.62. The normalized spacial score (nSPS) is 11.5. The highest BCUT2D eigenvalue weighted by atomic mass is 16.6. The zero-order valence-electron chi connectivity index (χ0n) is 14.2. The SMILES string of the molecule is CC(C)(C)OC(=O)Nc1ccccc1Cc1c[nH]c2ccccc12. The minimum absolute atomic E-state index is 0.436. The molecule has 0 atom stereocenters. The van der Waals surface area contributed by atoms with Crippen LogP contribution in [0.4, 0.5) is 10.5 Å². The topological polar surface area (TPSA) is 54.1 Å². The average Bonchev–Trinajstić information content (AvgIpc) is 2.91. The standard InChI is InChI=1S/C20H22N2O2/c1-20(2,3)24-19(23)22-17-10-6-4-8-14(17)12-15-13-21-18-11-7-5-9-16(15)18/h4-11,13,21H,12H2,1-3H3,(H,22,23). The number of H-pyrrole nitrogens is 1. The monoisotopic (exact) mass is 322 g/mol. The van der Waals surface area contributed by atoms with E-state index < -0.39 is 11.7 Å². The predicted octanol–water partition coefficient (Wildman–Crippen LogP) is 5.11. The van der Waals surface area contributed by atoms with Crippen molar-refractivity contribution < 1.29 is 9.53 Å². The number of rotatable bonds is 3. The molecule has 1 heterocycles. The summed E-state index contributed by atoms with van der Waals surface area (Å²) in [6.45, 7) is 5.55. The second-order valence-electron chi connectivity index (χ2n) is 6.82. The minimum Gasteiger partial charge on any atom is -0.444 e. The fraction of sp³-hybridized carbons (Fsp3) is 0.250. The van der Waals surface area contributed by atoms with Crippen molar-refractivity contribution in [1.29, 1.82) is 0 Å². The molecule has 2 aromatic carbocycles. The molecule has 1 amide bonds. The Balaban J connectivity index is 1.83. The van der Waals surface area contributed by atoms with Crippen LogP contribution in [0.3, 0.4) is 0 Å². The lowest BCUT2D eigenvalue weighted by Gasteiger charge is -2.20. The molecule has 1 aromatic heterocycles. The average molecular weight is 322 g/mol. The van der Waals surface area contributed by atoms with Gasteiger partial charge in [0, 0.05) is 29.2 Å². The fourth-order valence-corrected chi connectivity index (χ4v) is 2.69. The van der Waals surface area contributed by atoms with Gasteiger partial charge in [0.25, 0.3) is 0 Å². The number of amides is 1. The molecular weight excluding hydrogens is 300 g/mol. The lowest BCUT2D eigenvalue weighted by atomic mass is 10.0. The molecule has 0 bridgehead atoms. The molecule has 0 saturated carbocycles. The minimum atomic E-state index is -0.518. The third-order valence-corrected chi connectivity index (χ3v) is 3.71. The smallest absolute Gasteiger partial charge is 0.412 e. The predicted molar refractivity (Wildman–Crippen MR) is 97.4 cm³/mol. The molecule has 0 saturated heterocycles. The Kier molecular flexibility index (Phi) is 4.30. The van der Waals surface area contributed by atoms with Gasteiger partial charge < -0.3 is 9.72 Å². The molecule has 4 nitrogen and oxygen atoms in total. The summed E-state index contributed by atoms with van der Waals surface area (Å²) in [5.74, 6) is 0. The van der Waals surface area contributed by atoms with Crippen LogP contribution in [-0.4, -0.2) is 16.7 Å². The summed E-state index contributed by atoms with van der Waals surface area (Å²) in [7, 11) is 0. The molecule has 2 N–H and O–H groups in total. The van der Waals surface area contributed by atoms with Crippen LogP contribution < -0.4 is 5.32 Å². The quantitative estimate of drug-likeness (QED) is 0.704. The van der Waals surface area contributed by atoms with Crippen molar-refractivity contribution >= 4 is 22.7 Å². The first-order valence-electron chi connectivity index (χ1n) is 8.05. The first-order valence-corrected chi connectivity index (χ1v) is 8.05. The molecule has 0 unspecified atom stereocenters. The van der Waals surface area contributed by atoms with E-state index in [9.17, 15) is 4.79 Å². The Morgan fingerprint density at radius 2 is 1.75 bits per heavy atom. The molecule has 0 spiro atoms. The number of hydrogen-bond donors (Lipinski definition) is 2. The van der Waals surface area contributed by atoms with E-state index in [-0.39, 0.29) is 0 Å². The van der Waals surface area contributed by atoms with Crippen LogP contribution in [0.5, 0.6) is 0 Å². The Morgan fingerprint density at radius 3 is 2.54 bits per heavy atom. The Hall–Kier alpha value is -2.75. The first-order chi connectivity index (χ1) is 11.4. The summed E-state index contributed by atoms with van der Waals surface area (Å²) in [6.07, 6.45) is 2.32. The van der Waals surface area contributed by atoms with E-state index >= 15 is 0 Å². The van der Waals surface area contributed by atoms with Crippen LogP contribution in [-0.2, 0) is 11.2 Å². The van der Waals surface area contributed by atoms with Crippen LogP contribution in [0.15, 0.2) is 54.7 Å². The maximum absolute atomic E-state index is 12.1. The number of anilines is 1. The van der Waals surface area contributed by atoms with Crippen molar-refractivity contribution in [2.75, 3.05) is 5.32 Å². The summed E-state index contributed by atoms with van der Waals surface area (Å²) >= 11 is 0. The van der Waals surface area contributed by atoms with Gasteiger partial charge in [0.1, 0.15) is 5.60 Å². The summed E-state index contributed by atoms with van der Waals surface area (Å²) in [6, 6.07) is 16.0. The number of hydrogen-bond acceptors (Lipinski definition) is 2. The number of para-hydroxylation sites is 2. The van der Waals surface area contributed by atoms with Crippen LogP contribution in [0.1, 0.15) is 31.9 Å². The van der Waals surface area contributed by atoms with Crippen LogP contribution in [0.25, 0.3) is 10.9 Å². The molecular formula is C20H22N2O2. The van der Waals surface area contributed by atoms with Gasteiger partial charge >= 0.3 is 6.09 Å². The zero-order chi connectivity index (χ0) is 17.2. The van der Waals surface area contributed by atoms with Crippen molar-refractivity contribution in [1.82, 2.24) is 4.98 Å². The zero-order valence-corrected chi connectivity index (χ0v) is 14.2. The largest absolute Gasteiger partial charge is 0.444 e. The Morgan fingerprint density at radius 1 is 1.04 bits per heavy atom. The number of nitrogens with one attached hydrogen (secondary N) is 2. The number of aromatic nitrogens is 1. The highest BCUT2D eigenvalue weighted by molar-refractivity contribution is 5.87. The van der Waals surface area contributed by atoms with Gasteiger partial charge in [-0.05, 0) is 44.0 Å². The van der Waals surface area contributed by atoms with Gasteiger partial charge in [-0.1, -0.05) is 36.4 Å². The Labute approximate surface area is 141 Å². The molecule has 24 heavy (non-hydrogen) atoms. The van der Waals surface area contributed by atoms with Gasteiger partial charge in [-0.25, -0.2) is 4.79 Å². The molecule has 3 rings (SSSR count). The molecule has 3 aromatic rings. The van der Waals surface area contributed by atoms with Crippen LogP contribution >= 0.6 is 0 Å². The number of aromatic amines is 1. The molecule has 0 aliphatic carbocycles. The first kappa shape index (κ1) is 16.1. The number of benzene rings is 2. The number of carbonyl (C=O) groups is 1. The van der Waals surface area contributed by atoms with Crippen molar-refractivity contribution in [2.24, 2.45) is 0 Å². The molecule has 0 fully saturated rings. The van der Waals surface area contributed by atoms with E-state index in [1.807, 2.05) is 63.4 Å².